The van der Waals surface area contributed by atoms with E-state index in [0.29, 0.717) is 13.0 Å². The minimum absolute atomic E-state index is 0.269. The molecule has 1 aliphatic rings. The normalized spacial score (nSPS) is 19.8. The van der Waals surface area contributed by atoms with Crippen molar-refractivity contribution < 1.29 is 19.8 Å². The van der Waals surface area contributed by atoms with Crippen molar-refractivity contribution in [1.29, 1.82) is 0 Å². The molecule has 0 spiro atoms. The molecule has 0 amide bonds. The van der Waals surface area contributed by atoms with Gasteiger partial charge in [-0.1, -0.05) is 6.42 Å². The second-order valence-corrected chi connectivity index (χ2v) is 4.22. The van der Waals surface area contributed by atoms with Crippen LogP contribution in [0.4, 0.5) is 0 Å². The minimum atomic E-state index is -0.933. The van der Waals surface area contributed by atoms with Crippen LogP contribution in [0.2, 0.25) is 0 Å². The predicted octanol–water partition coefficient (Wildman–Crippen LogP) is -0.650. The molecule has 18 heavy (non-hydrogen) atoms. The Balaban J connectivity index is 0.000000327. The number of hydrogen-bond acceptors (Lipinski definition) is 5. The van der Waals surface area contributed by atoms with E-state index in [0.717, 1.165) is 32.2 Å². The predicted molar refractivity (Wildman–Crippen MR) is 67.2 cm³/mol. The molecule has 0 aromatic heterocycles. The first-order valence-electron chi connectivity index (χ1n) is 6.13. The van der Waals surface area contributed by atoms with Gasteiger partial charge in [0.05, 0.1) is 0 Å². The summed E-state index contributed by atoms with van der Waals surface area (Å²) < 4.78 is 0. The van der Waals surface area contributed by atoms with Gasteiger partial charge >= 0.3 is 11.9 Å². The molecule has 7 N–H and O–H groups in total. The van der Waals surface area contributed by atoms with E-state index in [2.05, 4.69) is 5.32 Å². The van der Waals surface area contributed by atoms with Gasteiger partial charge in [0.25, 0.3) is 0 Å². The van der Waals surface area contributed by atoms with E-state index in [4.69, 9.17) is 21.7 Å². The Morgan fingerprint density at radius 3 is 2.33 bits per heavy atom. The molecule has 1 rings (SSSR count). The number of unbranched alkanes of at least 4 members (excludes halogenated alkanes) is 1. The lowest BCUT2D eigenvalue weighted by atomic mass is 10.1. The average Bonchev–Trinajstić information content (AvgIpc) is 2.83. The standard InChI is InChI=1S/C6H14N2O2.C5H9NO2/c7-4-2-1-3-5(8)6(9)10;7-5(8)4-2-1-3-6-4/h5H,1-4,7-8H2,(H,9,10);4,6H,1-3H2,(H,7,8)/t5-;4-/m01/s1. The van der Waals surface area contributed by atoms with Gasteiger partial charge in [-0.25, -0.2) is 0 Å². The molecule has 0 aromatic carbocycles. The summed E-state index contributed by atoms with van der Waals surface area (Å²) >= 11 is 0. The first-order chi connectivity index (χ1) is 8.49. The molecular weight excluding hydrogens is 238 g/mol. The molecule has 0 bridgehead atoms. The van der Waals surface area contributed by atoms with Gasteiger partial charge in [-0.2, -0.15) is 0 Å². The Kier molecular flexibility index (Phi) is 9.17. The Hall–Kier alpha value is -1.18. The van der Waals surface area contributed by atoms with Crippen LogP contribution in [0.5, 0.6) is 0 Å². The van der Waals surface area contributed by atoms with Gasteiger partial charge in [0.2, 0.25) is 0 Å². The molecule has 0 radical (unpaired) electrons. The van der Waals surface area contributed by atoms with E-state index < -0.39 is 18.0 Å². The lowest BCUT2D eigenvalue weighted by Crippen LogP contribution is -2.29. The van der Waals surface area contributed by atoms with Crippen molar-refractivity contribution in [3.63, 3.8) is 0 Å². The van der Waals surface area contributed by atoms with Crippen LogP contribution in [0, 0.1) is 0 Å². The number of carboxylic acid groups (broad SMARTS) is 2. The van der Waals surface area contributed by atoms with Gasteiger partial charge in [0.15, 0.2) is 0 Å². The number of aliphatic carboxylic acids is 2. The zero-order valence-electron chi connectivity index (χ0n) is 10.5. The number of carboxylic acids is 2. The number of nitrogens with one attached hydrogen (secondary N) is 1. The molecule has 0 aliphatic carbocycles. The molecule has 0 saturated carbocycles. The SMILES string of the molecule is NCCCC[C@H](N)C(=O)O.O=C(O)[C@H]1CCCN1. The number of rotatable bonds is 6. The van der Waals surface area contributed by atoms with Crippen molar-refractivity contribution in [2.75, 3.05) is 13.1 Å². The number of carbonyl (C=O) groups is 2. The van der Waals surface area contributed by atoms with Crippen molar-refractivity contribution in [3.05, 3.63) is 0 Å². The van der Waals surface area contributed by atoms with Gasteiger partial charge in [-0.15, -0.1) is 0 Å². The van der Waals surface area contributed by atoms with E-state index in [1.165, 1.54) is 0 Å². The summed E-state index contributed by atoms with van der Waals surface area (Å²) in [5, 5.41) is 19.5. The van der Waals surface area contributed by atoms with Crippen LogP contribution in [-0.2, 0) is 9.59 Å². The largest absolute Gasteiger partial charge is 0.480 e. The van der Waals surface area contributed by atoms with Gasteiger partial charge in [-0.05, 0) is 38.8 Å². The van der Waals surface area contributed by atoms with Crippen molar-refractivity contribution >= 4 is 11.9 Å². The molecule has 2 atom stereocenters. The van der Waals surface area contributed by atoms with E-state index in [1.54, 1.807) is 0 Å². The highest BCUT2D eigenvalue weighted by atomic mass is 16.4. The molecule has 1 fully saturated rings. The summed E-state index contributed by atoms with van der Waals surface area (Å²) in [4.78, 5) is 20.3. The van der Waals surface area contributed by atoms with Crippen LogP contribution < -0.4 is 16.8 Å². The molecule has 1 saturated heterocycles. The zero-order valence-corrected chi connectivity index (χ0v) is 10.5. The Morgan fingerprint density at radius 2 is 2.00 bits per heavy atom. The summed E-state index contributed by atoms with van der Waals surface area (Å²) in [6, 6.07) is -0.985. The highest BCUT2D eigenvalue weighted by Gasteiger charge is 2.20. The Morgan fingerprint density at radius 1 is 1.33 bits per heavy atom. The van der Waals surface area contributed by atoms with Crippen molar-refractivity contribution in [1.82, 2.24) is 5.32 Å². The van der Waals surface area contributed by atoms with E-state index in [1.807, 2.05) is 0 Å². The van der Waals surface area contributed by atoms with Gasteiger partial charge in [-0.3, -0.25) is 9.59 Å². The maximum Gasteiger partial charge on any atom is 0.320 e. The highest BCUT2D eigenvalue weighted by Crippen LogP contribution is 2.03. The van der Waals surface area contributed by atoms with E-state index in [9.17, 15) is 9.59 Å². The maximum atomic E-state index is 10.1. The lowest BCUT2D eigenvalue weighted by Gasteiger charge is -2.03. The zero-order chi connectivity index (χ0) is 14.0. The molecule has 1 aliphatic heterocycles. The second kappa shape index (κ2) is 9.81. The van der Waals surface area contributed by atoms with Crippen LogP contribution in [0.25, 0.3) is 0 Å². The number of nitrogens with two attached hydrogens (primary N) is 2. The fourth-order valence-electron chi connectivity index (χ4n) is 1.53. The van der Waals surface area contributed by atoms with Gasteiger partial charge in [0.1, 0.15) is 12.1 Å². The summed E-state index contributed by atoms with van der Waals surface area (Å²) in [5.74, 6) is -1.65. The Bertz CT molecular complexity index is 255. The van der Waals surface area contributed by atoms with Gasteiger partial charge in [0, 0.05) is 0 Å². The molecule has 0 unspecified atom stereocenters. The lowest BCUT2D eigenvalue weighted by molar-refractivity contribution is -0.139. The highest BCUT2D eigenvalue weighted by molar-refractivity contribution is 5.73. The topological polar surface area (TPSA) is 139 Å². The van der Waals surface area contributed by atoms with Crippen LogP contribution >= 0.6 is 0 Å². The summed E-state index contributed by atoms with van der Waals surface area (Å²) in [6.07, 6.45) is 3.95. The summed E-state index contributed by atoms with van der Waals surface area (Å²) in [5.41, 5.74) is 10.4. The third-order valence-electron chi connectivity index (χ3n) is 2.64. The van der Waals surface area contributed by atoms with Crippen LogP contribution in [0.3, 0.4) is 0 Å². The minimum Gasteiger partial charge on any atom is -0.480 e. The van der Waals surface area contributed by atoms with Crippen molar-refractivity contribution in [3.8, 4) is 0 Å². The molecule has 106 valence electrons. The van der Waals surface area contributed by atoms with Crippen LogP contribution in [-0.4, -0.2) is 47.3 Å². The molecule has 0 aromatic rings. The fraction of sp³-hybridized carbons (Fsp3) is 0.818. The van der Waals surface area contributed by atoms with Crippen LogP contribution in [0.15, 0.2) is 0 Å². The van der Waals surface area contributed by atoms with E-state index in [-0.39, 0.29) is 6.04 Å². The van der Waals surface area contributed by atoms with E-state index >= 15 is 0 Å². The first kappa shape index (κ1) is 16.8. The molecule has 1 heterocycles. The molecular formula is C11H23N3O4. The fourth-order valence-corrected chi connectivity index (χ4v) is 1.53. The van der Waals surface area contributed by atoms with Crippen molar-refractivity contribution in [2.45, 2.75) is 44.2 Å². The maximum absolute atomic E-state index is 10.1. The molecule has 7 heteroatoms. The average molecular weight is 261 g/mol. The van der Waals surface area contributed by atoms with Crippen molar-refractivity contribution in [2.24, 2.45) is 11.5 Å². The molecule has 7 nitrogen and oxygen atoms in total. The summed E-state index contributed by atoms with van der Waals surface area (Å²) in [6.45, 7) is 1.46. The number of hydrogen-bond donors (Lipinski definition) is 5. The third-order valence-corrected chi connectivity index (χ3v) is 2.64. The Labute approximate surface area is 107 Å². The summed E-state index contributed by atoms with van der Waals surface area (Å²) in [7, 11) is 0. The second-order valence-electron chi connectivity index (χ2n) is 4.22. The first-order valence-corrected chi connectivity index (χ1v) is 6.13. The quantitative estimate of drug-likeness (QED) is 0.400. The van der Waals surface area contributed by atoms with Crippen LogP contribution in [0.1, 0.15) is 32.1 Å². The third kappa shape index (κ3) is 7.99. The monoisotopic (exact) mass is 261 g/mol. The van der Waals surface area contributed by atoms with Gasteiger partial charge < -0.3 is 27.0 Å². The smallest absolute Gasteiger partial charge is 0.320 e.